The maximum atomic E-state index is 13.2. The van der Waals surface area contributed by atoms with Gasteiger partial charge in [-0.1, -0.05) is 12.1 Å². The highest BCUT2D eigenvalue weighted by Gasteiger charge is 2.34. The zero-order chi connectivity index (χ0) is 18.6. The van der Waals surface area contributed by atoms with Crippen molar-refractivity contribution in [3.05, 3.63) is 57.5 Å². The van der Waals surface area contributed by atoms with Crippen LogP contribution in [0.15, 0.2) is 35.1 Å². The first-order valence-corrected chi connectivity index (χ1v) is 7.42. The third-order valence-electron chi connectivity index (χ3n) is 3.38. The average Bonchev–Trinajstić information content (AvgIpc) is 2.54. The number of hydrogen-bond acceptors (Lipinski definition) is 4. The summed E-state index contributed by atoms with van der Waals surface area (Å²) in [6.45, 7) is 1.39. The summed E-state index contributed by atoms with van der Waals surface area (Å²) < 4.78 is 40.5. The van der Waals surface area contributed by atoms with Gasteiger partial charge in [0, 0.05) is 24.9 Å². The number of aliphatic hydroxyl groups is 1. The lowest BCUT2D eigenvalue weighted by Gasteiger charge is -2.16. The SMILES string of the molecule is Cc1cc(=O)c(C(=O)NCCCO)nn1-c1ccccc1C(F)(F)F. The Kier molecular flexibility index (Phi) is 5.58. The standard InChI is InChI=1S/C16H16F3N3O3/c1-10-9-13(24)14(15(25)20-7-4-8-23)21-22(10)12-6-3-2-5-11(12)16(17,18)19/h2-3,5-6,9,23H,4,7-8H2,1H3,(H,20,25). The van der Waals surface area contributed by atoms with Gasteiger partial charge in [-0.05, 0) is 25.5 Å². The lowest BCUT2D eigenvalue weighted by molar-refractivity contribution is -0.137. The third-order valence-corrected chi connectivity index (χ3v) is 3.38. The van der Waals surface area contributed by atoms with Crippen LogP contribution < -0.4 is 10.7 Å². The fourth-order valence-electron chi connectivity index (χ4n) is 2.21. The molecule has 2 aromatic rings. The molecule has 9 heteroatoms. The van der Waals surface area contributed by atoms with E-state index in [1.807, 2.05) is 0 Å². The van der Waals surface area contributed by atoms with Gasteiger partial charge in [-0.15, -0.1) is 0 Å². The zero-order valence-corrected chi connectivity index (χ0v) is 13.3. The van der Waals surface area contributed by atoms with Gasteiger partial charge < -0.3 is 10.4 Å². The Morgan fingerprint density at radius 3 is 2.64 bits per heavy atom. The fraction of sp³-hybridized carbons (Fsp3) is 0.312. The topological polar surface area (TPSA) is 84.2 Å². The van der Waals surface area contributed by atoms with E-state index in [9.17, 15) is 22.8 Å². The molecule has 0 aliphatic carbocycles. The number of halogens is 3. The molecule has 0 spiro atoms. The number of benzene rings is 1. The molecule has 0 atom stereocenters. The minimum atomic E-state index is -4.61. The maximum Gasteiger partial charge on any atom is 0.418 e. The highest BCUT2D eigenvalue weighted by molar-refractivity contribution is 5.92. The highest BCUT2D eigenvalue weighted by Crippen LogP contribution is 2.33. The molecule has 1 aromatic carbocycles. The van der Waals surface area contributed by atoms with Crippen molar-refractivity contribution >= 4 is 5.91 Å². The smallest absolute Gasteiger partial charge is 0.396 e. The van der Waals surface area contributed by atoms with E-state index < -0.39 is 28.8 Å². The van der Waals surface area contributed by atoms with Crippen LogP contribution in [0.4, 0.5) is 13.2 Å². The van der Waals surface area contributed by atoms with E-state index in [0.29, 0.717) is 0 Å². The van der Waals surface area contributed by atoms with Crippen LogP contribution in [0.1, 0.15) is 28.2 Å². The van der Waals surface area contributed by atoms with Gasteiger partial charge in [0.2, 0.25) is 5.43 Å². The first-order chi connectivity index (χ1) is 11.8. The first-order valence-electron chi connectivity index (χ1n) is 7.42. The Morgan fingerprint density at radius 1 is 1.32 bits per heavy atom. The summed E-state index contributed by atoms with van der Waals surface area (Å²) in [7, 11) is 0. The van der Waals surface area contributed by atoms with Crippen LogP contribution in [0.2, 0.25) is 0 Å². The maximum absolute atomic E-state index is 13.2. The molecular formula is C16H16F3N3O3. The van der Waals surface area contributed by atoms with Crippen LogP contribution >= 0.6 is 0 Å². The number of nitrogens with one attached hydrogen (secondary N) is 1. The van der Waals surface area contributed by atoms with E-state index in [2.05, 4.69) is 10.4 Å². The minimum Gasteiger partial charge on any atom is -0.396 e. The summed E-state index contributed by atoms with van der Waals surface area (Å²) in [6, 6.07) is 5.81. The predicted octanol–water partition coefficient (Wildman–Crippen LogP) is 1.67. The molecule has 25 heavy (non-hydrogen) atoms. The zero-order valence-electron chi connectivity index (χ0n) is 13.3. The number of amides is 1. The van der Waals surface area contributed by atoms with E-state index in [4.69, 9.17) is 5.11 Å². The number of carbonyl (C=O) groups excluding carboxylic acids is 1. The number of nitrogens with zero attached hydrogens (tertiary/aromatic N) is 2. The van der Waals surface area contributed by atoms with Gasteiger partial charge in [0.25, 0.3) is 5.91 Å². The number of para-hydroxylation sites is 1. The van der Waals surface area contributed by atoms with Crippen LogP contribution in [0.3, 0.4) is 0 Å². The number of carbonyl (C=O) groups is 1. The number of aromatic nitrogens is 2. The van der Waals surface area contributed by atoms with Crippen LogP contribution in [-0.2, 0) is 6.18 Å². The van der Waals surface area contributed by atoms with Gasteiger partial charge in [-0.25, -0.2) is 4.68 Å². The lowest BCUT2D eigenvalue weighted by Crippen LogP contribution is -2.33. The van der Waals surface area contributed by atoms with Crippen molar-refractivity contribution in [1.29, 1.82) is 0 Å². The molecule has 1 heterocycles. The normalized spacial score (nSPS) is 11.4. The Bertz CT molecular complexity index is 831. The lowest BCUT2D eigenvalue weighted by atomic mass is 10.1. The summed E-state index contributed by atoms with van der Waals surface area (Å²) in [6.07, 6.45) is -4.33. The second-order valence-electron chi connectivity index (χ2n) is 5.26. The van der Waals surface area contributed by atoms with Gasteiger partial charge in [0.15, 0.2) is 5.69 Å². The van der Waals surface area contributed by atoms with Gasteiger partial charge in [0.05, 0.1) is 11.3 Å². The summed E-state index contributed by atoms with van der Waals surface area (Å²) in [5.74, 6) is -0.809. The molecule has 0 bridgehead atoms. The molecular weight excluding hydrogens is 339 g/mol. The quantitative estimate of drug-likeness (QED) is 0.799. The third kappa shape index (κ3) is 4.24. The summed E-state index contributed by atoms with van der Waals surface area (Å²) >= 11 is 0. The Morgan fingerprint density at radius 2 is 2.00 bits per heavy atom. The van der Waals surface area contributed by atoms with Gasteiger partial charge in [-0.3, -0.25) is 9.59 Å². The average molecular weight is 355 g/mol. The second-order valence-corrected chi connectivity index (χ2v) is 5.26. The number of hydrogen-bond donors (Lipinski definition) is 2. The number of rotatable bonds is 5. The molecule has 0 saturated carbocycles. The van der Waals surface area contributed by atoms with Crippen molar-refractivity contribution in [3.63, 3.8) is 0 Å². The summed E-state index contributed by atoms with van der Waals surface area (Å²) in [5, 5.41) is 14.9. The highest BCUT2D eigenvalue weighted by atomic mass is 19.4. The van der Waals surface area contributed by atoms with Crippen molar-refractivity contribution in [2.45, 2.75) is 19.5 Å². The monoisotopic (exact) mass is 355 g/mol. The van der Waals surface area contributed by atoms with Gasteiger partial charge >= 0.3 is 6.18 Å². The van der Waals surface area contributed by atoms with E-state index in [-0.39, 0.29) is 31.0 Å². The molecule has 0 radical (unpaired) electrons. The molecule has 0 saturated heterocycles. The molecule has 1 amide bonds. The van der Waals surface area contributed by atoms with Gasteiger partial charge in [-0.2, -0.15) is 18.3 Å². The molecule has 0 fully saturated rings. The Balaban J connectivity index is 2.52. The Labute approximate surface area is 140 Å². The first kappa shape index (κ1) is 18.7. The van der Waals surface area contributed by atoms with E-state index >= 15 is 0 Å². The number of aryl methyl sites for hydroxylation is 1. The summed E-state index contributed by atoms with van der Waals surface area (Å²) in [5.41, 5.74) is -2.26. The van der Waals surface area contributed by atoms with Crippen molar-refractivity contribution in [2.24, 2.45) is 0 Å². The Hall–Kier alpha value is -2.68. The van der Waals surface area contributed by atoms with Crippen LogP contribution in [0.25, 0.3) is 5.69 Å². The molecule has 0 aliphatic rings. The molecule has 6 nitrogen and oxygen atoms in total. The van der Waals surface area contributed by atoms with E-state index in [1.54, 1.807) is 0 Å². The van der Waals surface area contributed by atoms with Gasteiger partial charge in [0.1, 0.15) is 0 Å². The number of alkyl halides is 3. The van der Waals surface area contributed by atoms with Crippen LogP contribution in [0.5, 0.6) is 0 Å². The van der Waals surface area contributed by atoms with E-state index in [0.717, 1.165) is 16.8 Å². The fourth-order valence-corrected chi connectivity index (χ4v) is 2.21. The molecule has 0 aliphatic heterocycles. The molecule has 2 rings (SSSR count). The molecule has 1 aromatic heterocycles. The van der Waals surface area contributed by atoms with Crippen molar-refractivity contribution in [3.8, 4) is 5.69 Å². The minimum absolute atomic E-state index is 0.115. The van der Waals surface area contributed by atoms with Crippen LogP contribution in [0, 0.1) is 6.92 Å². The van der Waals surface area contributed by atoms with Crippen molar-refractivity contribution < 1.29 is 23.1 Å². The predicted molar refractivity (Wildman–Crippen MR) is 83.6 cm³/mol. The van der Waals surface area contributed by atoms with Crippen LogP contribution in [-0.4, -0.2) is 33.9 Å². The number of aliphatic hydroxyl groups excluding tert-OH is 1. The summed E-state index contributed by atoms with van der Waals surface area (Å²) in [4.78, 5) is 24.0. The molecule has 134 valence electrons. The molecule has 0 unspecified atom stereocenters. The second kappa shape index (κ2) is 7.47. The van der Waals surface area contributed by atoms with Crippen molar-refractivity contribution in [2.75, 3.05) is 13.2 Å². The largest absolute Gasteiger partial charge is 0.418 e. The van der Waals surface area contributed by atoms with E-state index in [1.165, 1.54) is 25.1 Å². The van der Waals surface area contributed by atoms with Crippen molar-refractivity contribution in [1.82, 2.24) is 15.1 Å². The molecule has 2 N–H and O–H groups in total.